The largest absolute Gasteiger partial charge is 0.383 e. The predicted molar refractivity (Wildman–Crippen MR) is 77.1 cm³/mol. The maximum atomic E-state index is 11.1. The van der Waals surface area contributed by atoms with Crippen molar-refractivity contribution in [2.75, 3.05) is 45.7 Å². The van der Waals surface area contributed by atoms with Crippen LogP contribution in [0.25, 0.3) is 0 Å². The Labute approximate surface area is 118 Å². The molecular formula is C12H23N5O3. The van der Waals surface area contributed by atoms with Gasteiger partial charge in [0.1, 0.15) is 5.69 Å². The first-order chi connectivity index (χ1) is 9.51. The number of nitro groups is 1. The van der Waals surface area contributed by atoms with Gasteiger partial charge in [-0.1, -0.05) is 6.92 Å². The molecule has 1 aromatic heterocycles. The Hall–Kier alpha value is -1.67. The van der Waals surface area contributed by atoms with E-state index in [0.717, 1.165) is 13.1 Å². The number of anilines is 1. The van der Waals surface area contributed by atoms with Crippen molar-refractivity contribution in [1.29, 1.82) is 0 Å². The molecule has 0 fully saturated rings. The lowest BCUT2D eigenvalue weighted by Crippen LogP contribution is -2.28. The third-order valence-electron chi connectivity index (χ3n) is 3.07. The number of aromatic nitrogens is 2. The SMILES string of the molecule is CCc1nn(C)c(NCCN(C)CCOC)c1[N+](=O)[O-]. The van der Waals surface area contributed by atoms with E-state index in [1.807, 2.05) is 14.0 Å². The van der Waals surface area contributed by atoms with Gasteiger partial charge in [0, 0.05) is 33.8 Å². The Balaban J connectivity index is 2.63. The average molecular weight is 285 g/mol. The lowest BCUT2D eigenvalue weighted by Gasteiger charge is -2.16. The van der Waals surface area contributed by atoms with Crippen LogP contribution in [0.3, 0.4) is 0 Å². The minimum Gasteiger partial charge on any atom is -0.383 e. The van der Waals surface area contributed by atoms with Gasteiger partial charge in [-0.05, 0) is 13.5 Å². The normalized spacial score (nSPS) is 11.1. The van der Waals surface area contributed by atoms with Crippen LogP contribution < -0.4 is 5.32 Å². The zero-order valence-corrected chi connectivity index (χ0v) is 12.5. The first-order valence-corrected chi connectivity index (χ1v) is 6.62. The minimum atomic E-state index is -0.372. The zero-order valence-electron chi connectivity index (χ0n) is 12.5. The highest BCUT2D eigenvalue weighted by molar-refractivity contribution is 5.59. The average Bonchev–Trinajstić information content (AvgIpc) is 2.73. The molecule has 0 amide bonds. The third kappa shape index (κ3) is 4.17. The second-order valence-electron chi connectivity index (χ2n) is 4.60. The molecule has 0 spiro atoms. The summed E-state index contributed by atoms with van der Waals surface area (Å²) in [7, 11) is 5.36. The molecule has 20 heavy (non-hydrogen) atoms. The quantitative estimate of drug-likeness (QED) is 0.535. The molecule has 0 aliphatic carbocycles. The first-order valence-electron chi connectivity index (χ1n) is 6.62. The van der Waals surface area contributed by atoms with Crippen LogP contribution in [0.2, 0.25) is 0 Å². The maximum Gasteiger partial charge on any atom is 0.333 e. The van der Waals surface area contributed by atoms with Gasteiger partial charge in [-0.3, -0.25) is 10.1 Å². The van der Waals surface area contributed by atoms with Crippen LogP contribution >= 0.6 is 0 Å². The van der Waals surface area contributed by atoms with E-state index in [4.69, 9.17) is 4.74 Å². The van der Waals surface area contributed by atoms with Crippen molar-refractivity contribution in [3.05, 3.63) is 15.8 Å². The number of ether oxygens (including phenoxy) is 1. The standard InChI is InChI=1S/C12H23N5O3/c1-5-10-11(17(18)19)12(16(3)14-10)13-6-7-15(2)8-9-20-4/h13H,5-9H2,1-4H3. The molecule has 8 heteroatoms. The first kappa shape index (κ1) is 16.4. The molecule has 1 aromatic rings. The van der Waals surface area contributed by atoms with Crippen molar-refractivity contribution in [3.8, 4) is 0 Å². The van der Waals surface area contributed by atoms with E-state index in [2.05, 4.69) is 15.3 Å². The Kier molecular flexibility index (Phi) is 6.40. The van der Waals surface area contributed by atoms with Gasteiger partial charge in [0.05, 0.1) is 11.5 Å². The summed E-state index contributed by atoms with van der Waals surface area (Å²) in [4.78, 5) is 12.9. The second kappa shape index (κ2) is 7.81. The van der Waals surface area contributed by atoms with Gasteiger partial charge in [-0.25, -0.2) is 4.68 Å². The molecule has 1 rings (SSSR count). The fourth-order valence-electron chi connectivity index (χ4n) is 1.92. The number of rotatable bonds is 9. The smallest absolute Gasteiger partial charge is 0.333 e. The van der Waals surface area contributed by atoms with Gasteiger partial charge in [0.15, 0.2) is 0 Å². The molecule has 0 aromatic carbocycles. The van der Waals surface area contributed by atoms with Crippen molar-refractivity contribution in [2.24, 2.45) is 7.05 Å². The van der Waals surface area contributed by atoms with Gasteiger partial charge >= 0.3 is 5.69 Å². The lowest BCUT2D eigenvalue weighted by molar-refractivity contribution is -0.384. The second-order valence-corrected chi connectivity index (χ2v) is 4.60. The molecule has 8 nitrogen and oxygen atoms in total. The fourth-order valence-corrected chi connectivity index (χ4v) is 1.92. The summed E-state index contributed by atoms with van der Waals surface area (Å²) in [6.45, 7) is 4.74. The Morgan fingerprint density at radius 1 is 1.50 bits per heavy atom. The summed E-state index contributed by atoms with van der Waals surface area (Å²) in [5.41, 5.74) is 0.585. The topological polar surface area (TPSA) is 85.5 Å². The van der Waals surface area contributed by atoms with Crippen molar-refractivity contribution in [3.63, 3.8) is 0 Å². The molecule has 114 valence electrons. The third-order valence-corrected chi connectivity index (χ3v) is 3.07. The number of aryl methyl sites for hydroxylation is 2. The molecule has 0 radical (unpaired) electrons. The predicted octanol–water partition coefficient (Wildman–Crippen LogP) is 0.881. The Morgan fingerprint density at radius 2 is 2.20 bits per heavy atom. The Bertz CT molecular complexity index is 447. The summed E-state index contributed by atoms with van der Waals surface area (Å²) in [5, 5.41) is 18.4. The maximum absolute atomic E-state index is 11.1. The fraction of sp³-hybridized carbons (Fsp3) is 0.750. The molecule has 1 N–H and O–H groups in total. The summed E-state index contributed by atoms with van der Waals surface area (Å²) < 4.78 is 6.53. The number of hydrogen-bond donors (Lipinski definition) is 1. The van der Waals surface area contributed by atoms with Crippen molar-refractivity contribution >= 4 is 11.5 Å². The van der Waals surface area contributed by atoms with Crippen LogP contribution in [0, 0.1) is 10.1 Å². The minimum absolute atomic E-state index is 0.0783. The highest BCUT2D eigenvalue weighted by Crippen LogP contribution is 2.28. The number of likely N-dealkylation sites (N-methyl/N-ethyl adjacent to an activating group) is 1. The van der Waals surface area contributed by atoms with Gasteiger partial charge in [0.2, 0.25) is 5.82 Å². The molecule has 0 aliphatic rings. The molecule has 0 bridgehead atoms. The summed E-state index contributed by atoms with van der Waals surface area (Å²) >= 11 is 0. The van der Waals surface area contributed by atoms with Gasteiger partial charge < -0.3 is 15.0 Å². The van der Waals surface area contributed by atoms with E-state index < -0.39 is 0 Å². The van der Waals surface area contributed by atoms with Gasteiger partial charge in [0.25, 0.3) is 0 Å². The van der Waals surface area contributed by atoms with Gasteiger partial charge in [-0.15, -0.1) is 0 Å². The van der Waals surface area contributed by atoms with E-state index >= 15 is 0 Å². The summed E-state index contributed by atoms with van der Waals surface area (Å²) in [6, 6.07) is 0. The molecule has 0 atom stereocenters. The number of hydrogen-bond acceptors (Lipinski definition) is 6. The van der Waals surface area contributed by atoms with Crippen molar-refractivity contribution in [1.82, 2.24) is 14.7 Å². The van der Waals surface area contributed by atoms with Crippen LogP contribution in [0.15, 0.2) is 0 Å². The van der Waals surface area contributed by atoms with E-state index in [1.165, 1.54) is 4.68 Å². The summed E-state index contributed by atoms with van der Waals surface area (Å²) in [5.74, 6) is 0.465. The molecule has 0 aliphatic heterocycles. The van der Waals surface area contributed by atoms with Gasteiger partial charge in [-0.2, -0.15) is 5.10 Å². The van der Waals surface area contributed by atoms with Crippen LogP contribution in [-0.2, 0) is 18.2 Å². The molecule has 1 heterocycles. The van der Waals surface area contributed by atoms with Crippen molar-refractivity contribution in [2.45, 2.75) is 13.3 Å². The van der Waals surface area contributed by atoms with Crippen LogP contribution in [0.5, 0.6) is 0 Å². The highest BCUT2D eigenvalue weighted by Gasteiger charge is 2.25. The molecular weight excluding hydrogens is 262 g/mol. The monoisotopic (exact) mass is 285 g/mol. The summed E-state index contributed by atoms with van der Waals surface area (Å²) in [6.07, 6.45) is 0.541. The van der Waals surface area contributed by atoms with Crippen LogP contribution in [0.4, 0.5) is 11.5 Å². The van der Waals surface area contributed by atoms with E-state index in [9.17, 15) is 10.1 Å². The van der Waals surface area contributed by atoms with Crippen LogP contribution in [-0.4, -0.2) is 60.0 Å². The number of nitrogens with one attached hydrogen (secondary N) is 1. The number of methoxy groups -OCH3 is 1. The Morgan fingerprint density at radius 3 is 2.75 bits per heavy atom. The molecule has 0 unspecified atom stereocenters. The van der Waals surface area contributed by atoms with Crippen molar-refractivity contribution < 1.29 is 9.66 Å². The molecule has 0 saturated heterocycles. The molecule has 0 saturated carbocycles. The highest BCUT2D eigenvalue weighted by atomic mass is 16.6. The lowest BCUT2D eigenvalue weighted by atomic mass is 10.3. The van der Waals surface area contributed by atoms with Crippen LogP contribution in [0.1, 0.15) is 12.6 Å². The van der Waals surface area contributed by atoms with E-state index in [0.29, 0.717) is 31.1 Å². The number of nitrogens with zero attached hydrogens (tertiary/aromatic N) is 4. The van der Waals surface area contributed by atoms with E-state index in [1.54, 1.807) is 14.2 Å². The zero-order chi connectivity index (χ0) is 15.1. The van der Waals surface area contributed by atoms with E-state index in [-0.39, 0.29) is 10.6 Å².